The van der Waals surface area contributed by atoms with Gasteiger partial charge in [-0.1, -0.05) is 17.0 Å². The minimum absolute atomic E-state index is 0.334. The predicted molar refractivity (Wildman–Crippen MR) is 112 cm³/mol. The lowest BCUT2D eigenvalue weighted by molar-refractivity contribution is -0.137. The molecule has 9 heteroatoms. The van der Waals surface area contributed by atoms with Crippen molar-refractivity contribution in [1.82, 2.24) is 20.4 Å². The monoisotopic (exact) mass is 438 g/mol. The summed E-state index contributed by atoms with van der Waals surface area (Å²) < 4.78 is 52.0. The van der Waals surface area contributed by atoms with Crippen LogP contribution in [0.4, 0.5) is 17.6 Å². The molecule has 0 bridgehead atoms. The van der Waals surface area contributed by atoms with E-state index in [4.69, 9.17) is 0 Å². The van der Waals surface area contributed by atoms with E-state index >= 15 is 0 Å². The molecule has 4 rings (SSSR count). The number of hydrogen-bond donors (Lipinski definition) is 1. The van der Waals surface area contributed by atoms with Gasteiger partial charge in [0.15, 0.2) is 0 Å². The molecule has 160 valence electrons. The SMILES string of the molecule is C[N+]#Cc1n[nH]nc1-c1cc(Cc2ccc(F)cc2)cc(-c2ccc(C(F)(F)F)cn2)c1. The average Bonchev–Trinajstić information content (AvgIpc) is 3.23. The van der Waals surface area contributed by atoms with Gasteiger partial charge in [0, 0.05) is 17.3 Å². The molecule has 0 radical (unpaired) electrons. The number of rotatable bonds is 4. The Morgan fingerprint density at radius 2 is 1.69 bits per heavy atom. The van der Waals surface area contributed by atoms with Crippen LogP contribution in [0.15, 0.2) is 60.8 Å². The molecule has 0 fully saturated rings. The van der Waals surface area contributed by atoms with E-state index in [2.05, 4.69) is 31.3 Å². The van der Waals surface area contributed by atoms with Crippen molar-refractivity contribution in [3.05, 3.63) is 93.8 Å². The number of H-pyrrole nitrogens is 1. The summed E-state index contributed by atoms with van der Waals surface area (Å²) >= 11 is 0. The van der Waals surface area contributed by atoms with Gasteiger partial charge in [0.05, 0.1) is 11.3 Å². The Labute approximate surface area is 180 Å². The van der Waals surface area contributed by atoms with Crippen molar-refractivity contribution in [1.29, 1.82) is 0 Å². The van der Waals surface area contributed by atoms with Crippen LogP contribution in [-0.4, -0.2) is 27.4 Å². The van der Waals surface area contributed by atoms with Crippen LogP contribution in [0, 0.1) is 11.9 Å². The van der Waals surface area contributed by atoms with Crippen molar-refractivity contribution < 1.29 is 17.6 Å². The van der Waals surface area contributed by atoms with E-state index in [9.17, 15) is 17.6 Å². The Morgan fingerprint density at radius 1 is 0.938 bits per heavy atom. The van der Waals surface area contributed by atoms with Crippen LogP contribution in [0.3, 0.4) is 0 Å². The third-order valence-corrected chi connectivity index (χ3v) is 4.74. The number of hydrogen-bond acceptors (Lipinski definition) is 3. The Bertz CT molecular complexity index is 1300. The van der Waals surface area contributed by atoms with Gasteiger partial charge in [0.25, 0.3) is 7.05 Å². The third kappa shape index (κ3) is 4.64. The maximum absolute atomic E-state index is 13.3. The summed E-state index contributed by atoms with van der Waals surface area (Å²) in [5.41, 5.74) is 3.43. The molecule has 0 saturated heterocycles. The van der Waals surface area contributed by atoms with E-state index in [1.54, 1.807) is 25.2 Å². The van der Waals surface area contributed by atoms with Gasteiger partial charge in [-0.05, 0) is 60.0 Å². The second kappa shape index (κ2) is 8.59. The molecular weight excluding hydrogens is 422 g/mol. The van der Waals surface area contributed by atoms with Gasteiger partial charge in [-0.3, -0.25) is 4.98 Å². The summed E-state index contributed by atoms with van der Waals surface area (Å²) in [5.74, 6) is -0.334. The first kappa shape index (κ1) is 21.2. The summed E-state index contributed by atoms with van der Waals surface area (Å²) in [7, 11) is 1.56. The number of alkyl halides is 3. The van der Waals surface area contributed by atoms with Gasteiger partial charge in [0.1, 0.15) is 11.5 Å². The summed E-state index contributed by atoms with van der Waals surface area (Å²) in [6.07, 6.45) is -3.19. The molecule has 0 atom stereocenters. The number of nitrogens with one attached hydrogen (secondary N) is 1. The van der Waals surface area contributed by atoms with Gasteiger partial charge in [0.2, 0.25) is 5.69 Å². The molecule has 2 heterocycles. The number of nitrogens with zero attached hydrogens (tertiary/aromatic N) is 4. The van der Waals surface area contributed by atoms with Crippen molar-refractivity contribution >= 4 is 0 Å². The summed E-state index contributed by atoms with van der Waals surface area (Å²) in [6.45, 7) is 0. The topological polar surface area (TPSA) is 58.8 Å². The number of halogens is 4. The predicted octanol–water partition coefficient (Wildman–Crippen LogP) is 5.59. The third-order valence-electron chi connectivity index (χ3n) is 4.74. The van der Waals surface area contributed by atoms with Crippen molar-refractivity contribution in [3.63, 3.8) is 0 Å². The second-order valence-corrected chi connectivity index (χ2v) is 7.01. The lowest BCUT2D eigenvalue weighted by atomic mass is 9.96. The zero-order valence-electron chi connectivity index (χ0n) is 16.8. The van der Waals surface area contributed by atoms with Crippen molar-refractivity contribution in [2.45, 2.75) is 12.6 Å². The normalized spacial score (nSPS) is 11.2. The molecule has 0 aliphatic heterocycles. The van der Waals surface area contributed by atoms with E-state index in [0.29, 0.717) is 34.6 Å². The van der Waals surface area contributed by atoms with E-state index in [1.807, 2.05) is 12.1 Å². The van der Waals surface area contributed by atoms with E-state index < -0.39 is 11.7 Å². The molecule has 4 aromatic rings. The highest BCUT2D eigenvalue weighted by atomic mass is 19.4. The number of aromatic nitrogens is 4. The average molecular weight is 438 g/mol. The highest BCUT2D eigenvalue weighted by Crippen LogP contribution is 2.32. The second-order valence-electron chi connectivity index (χ2n) is 7.01. The quantitative estimate of drug-likeness (QED) is 0.423. The van der Waals surface area contributed by atoms with Gasteiger partial charge in [-0.15, -0.1) is 5.10 Å². The van der Waals surface area contributed by atoms with Gasteiger partial charge < -0.3 is 0 Å². The smallest absolute Gasteiger partial charge is 0.256 e. The van der Waals surface area contributed by atoms with Crippen LogP contribution in [-0.2, 0) is 12.6 Å². The van der Waals surface area contributed by atoms with Crippen molar-refractivity contribution in [3.8, 4) is 28.6 Å². The minimum atomic E-state index is -4.47. The molecule has 2 aromatic heterocycles. The molecule has 0 saturated carbocycles. The van der Waals surface area contributed by atoms with Gasteiger partial charge in [-0.25, -0.2) is 4.39 Å². The fraction of sp³-hybridized carbons (Fsp3) is 0.130. The Balaban J connectivity index is 1.80. The standard InChI is InChI=1S/C23H15F4N5/c1-28-13-21-22(31-32-30-21)17-10-15(8-14-2-5-19(24)6-3-14)9-16(11-17)20-7-4-18(12-29-20)23(25,26)27/h2-7,9-12H,8H2,1H3/p+1. The zero-order chi connectivity index (χ0) is 22.7. The molecule has 2 aromatic carbocycles. The van der Waals surface area contributed by atoms with Crippen molar-refractivity contribution in [2.75, 3.05) is 7.05 Å². The molecule has 0 aliphatic rings. The minimum Gasteiger partial charge on any atom is -0.256 e. The molecule has 0 spiro atoms. The van der Waals surface area contributed by atoms with Gasteiger partial charge in [-0.2, -0.15) is 23.5 Å². The molecule has 32 heavy (non-hydrogen) atoms. The first-order valence-electron chi connectivity index (χ1n) is 9.51. The Kier molecular flexibility index (Phi) is 5.69. The van der Waals surface area contributed by atoms with Crippen LogP contribution in [0.5, 0.6) is 0 Å². The summed E-state index contributed by atoms with van der Waals surface area (Å²) in [4.78, 5) is 7.86. The van der Waals surface area contributed by atoms with Crippen LogP contribution in [0.25, 0.3) is 27.4 Å². The molecule has 0 unspecified atom stereocenters. The Hall–Kier alpha value is -4.06. The van der Waals surface area contributed by atoms with Crippen LogP contribution in [0.2, 0.25) is 0 Å². The highest BCUT2D eigenvalue weighted by molar-refractivity contribution is 5.73. The first-order chi connectivity index (χ1) is 15.3. The largest absolute Gasteiger partial charge is 0.417 e. The maximum Gasteiger partial charge on any atom is 0.417 e. The molecular formula is C23H16F4N5+. The zero-order valence-corrected chi connectivity index (χ0v) is 16.8. The number of pyridine rings is 1. The lowest BCUT2D eigenvalue weighted by Crippen LogP contribution is -2.05. The van der Waals surface area contributed by atoms with Crippen LogP contribution < -0.4 is 0 Å². The van der Waals surface area contributed by atoms with Crippen LogP contribution in [0.1, 0.15) is 22.4 Å². The van der Waals surface area contributed by atoms with E-state index in [1.165, 1.54) is 18.2 Å². The fourth-order valence-electron chi connectivity index (χ4n) is 3.26. The fourth-order valence-corrected chi connectivity index (χ4v) is 3.26. The molecule has 1 N–H and O–H groups in total. The maximum atomic E-state index is 13.3. The molecule has 0 amide bonds. The molecule has 5 nitrogen and oxygen atoms in total. The first-order valence-corrected chi connectivity index (χ1v) is 9.51. The van der Waals surface area contributed by atoms with Gasteiger partial charge >= 0.3 is 12.2 Å². The lowest BCUT2D eigenvalue weighted by Gasteiger charge is -2.11. The highest BCUT2D eigenvalue weighted by Gasteiger charge is 2.30. The summed E-state index contributed by atoms with van der Waals surface area (Å²) in [6, 6.07) is 16.7. The number of benzene rings is 2. The number of aromatic amines is 1. The summed E-state index contributed by atoms with van der Waals surface area (Å²) in [5, 5.41) is 10.7. The van der Waals surface area contributed by atoms with E-state index in [-0.39, 0.29) is 5.82 Å². The van der Waals surface area contributed by atoms with E-state index in [0.717, 1.165) is 23.4 Å². The van der Waals surface area contributed by atoms with Crippen LogP contribution >= 0.6 is 0 Å². The molecule has 0 aliphatic carbocycles. The Morgan fingerprint density at radius 3 is 2.34 bits per heavy atom. The van der Waals surface area contributed by atoms with Crippen molar-refractivity contribution in [2.24, 2.45) is 0 Å².